The zero-order chi connectivity index (χ0) is 17.4. The average molecular weight is 326 g/mol. The number of rotatable bonds is 3. The van der Waals surface area contributed by atoms with Gasteiger partial charge in [-0.1, -0.05) is 0 Å². The molecule has 24 heavy (non-hydrogen) atoms. The molecule has 5 nitrogen and oxygen atoms in total. The van der Waals surface area contributed by atoms with Crippen LogP contribution in [-0.2, 0) is 0 Å². The summed E-state index contributed by atoms with van der Waals surface area (Å²) in [5, 5.41) is 11.0. The first-order valence-electron chi connectivity index (χ1n) is 7.45. The molecular formula is C19H18O5. The number of benzene rings is 2. The van der Waals surface area contributed by atoms with Crippen molar-refractivity contribution in [1.82, 2.24) is 0 Å². The summed E-state index contributed by atoms with van der Waals surface area (Å²) in [7, 11) is 3.05. The molecule has 1 aromatic heterocycles. The lowest BCUT2D eigenvalue weighted by Gasteiger charge is -2.10. The molecule has 0 spiro atoms. The van der Waals surface area contributed by atoms with Crippen molar-refractivity contribution in [1.29, 1.82) is 0 Å². The number of hydrogen-bond acceptors (Lipinski definition) is 5. The Bertz CT molecular complexity index is 962. The first kappa shape index (κ1) is 15.9. The summed E-state index contributed by atoms with van der Waals surface area (Å²) in [5.41, 5.74) is 1.68. The van der Waals surface area contributed by atoms with Crippen LogP contribution in [0.1, 0.15) is 11.1 Å². The van der Waals surface area contributed by atoms with E-state index >= 15 is 0 Å². The summed E-state index contributed by atoms with van der Waals surface area (Å²) in [4.78, 5) is 12.5. The lowest BCUT2D eigenvalue weighted by atomic mass is 10.0. The van der Waals surface area contributed by atoms with Gasteiger partial charge in [-0.25, -0.2) is 4.79 Å². The van der Waals surface area contributed by atoms with E-state index in [1.807, 2.05) is 0 Å². The molecule has 0 aliphatic heterocycles. The molecule has 0 saturated heterocycles. The number of methoxy groups -OCH3 is 2. The summed E-state index contributed by atoms with van der Waals surface area (Å²) in [6.07, 6.45) is 0. The minimum absolute atomic E-state index is 0.241. The standard InChI is InChI=1S/C19H18O5/c1-10-5-12(6-11(2)18(10)20)15-8-13-7-14(22-3)9-16(23-4)17(13)19(21)24-15/h5-9,20H,1-4H3. The average Bonchev–Trinajstić information content (AvgIpc) is 2.57. The van der Waals surface area contributed by atoms with Gasteiger partial charge < -0.3 is 19.0 Å². The van der Waals surface area contributed by atoms with E-state index in [9.17, 15) is 9.90 Å². The normalized spacial score (nSPS) is 10.8. The lowest BCUT2D eigenvalue weighted by molar-refractivity contribution is 0.396. The van der Waals surface area contributed by atoms with Gasteiger partial charge in [-0.2, -0.15) is 0 Å². The van der Waals surface area contributed by atoms with Crippen molar-refractivity contribution in [2.45, 2.75) is 13.8 Å². The van der Waals surface area contributed by atoms with E-state index in [0.29, 0.717) is 28.0 Å². The monoisotopic (exact) mass is 326 g/mol. The Morgan fingerprint density at radius 1 is 0.958 bits per heavy atom. The van der Waals surface area contributed by atoms with Gasteiger partial charge in [0, 0.05) is 17.0 Å². The molecule has 0 atom stereocenters. The maximum absolute atomic E-state index is 12.5. The maximum atomic E-state index is 12.5. The molecule has 1 heterocycles. The van der Waals surface area contributed by atoms with Crippen molar-refractivity contribution >= 4 is 10.8 Å². The van der Waals surface area contributed by atoms with Crippen LogP contribution in [0, 0.1) is 13.8 Å². The van der Waals surface area contributed by atoms with Crippen LogP contribution < -0.4 is 15.1 Å². The van der Waals surface area contributed by atoms with Crippen molar-refractivity contribution in [2.75, 3.05) is 14.2 Å². The Morgan fingerprint density at radius 3 is 2.21 bits per heavy atom. The van der Waals surface area contributed by atoms with Gasteiger partial charge in [0.2, 0.25) is 0 Å². The molecular weight excluding hydrogens is 308 g/mol. The number of fused-ring (bicyclic) bond motifs is 1. The second-order valence-electron chi connectivity index (χ2n) is 5.65. The van der Waals surface area contributed by atoms with E-state index in [1.165, 1.54) is 7.11 Å². The van der Waals surface area contributed by atoms with Crippen molar-refractivity contribution in [3.63, 3.8) is 0 Å². The van der Waals surface area contributed by atoms with E-state index in [1.54, 1.807) is 51.3 Å². The van der Waals surface area contributed by atoms with Crippen LogP contribution in [0.2, 0.25) is 0 Å². The highest BCUT2D eigenvalue weighted by molar-refractivity contribution is 5.90. The molecule has 1 N–H and O–H groups in total. The minimum Gasteiger partial charge on any atom is -0.507 e. The third-order valence-electron chi connectivity index (χ3n) is 4.03. The summed E-state index contributed by atoms with van der Waals surface area (Å²) in [5.74, 6) is 1.66. The number of aromatic hydroxyl groups is 1. The van der Waals surface area contributed by atoms with Gasteiger partial charge in [0.05, 0.1) is 14.2 Å². The highest BCUT2D eigenvalue weighted by Crippen LogP contribution is 2.33. The molecule has 3 aromatic rings. The van der Waals surface area contributed by atoms with Gasteiger partial charge in [0.15, 0.2) is 0 Å². The van der Waals surface area contributed by atoms with E-state index in [4.69, 9.17) is 13.9 Å². The van der Waals surface area contributed by atoms with Crippen LogP contribution in [-0.4, -0.2) is 19.3 Å². The fraction of sp³-hybridized carbons (Fsp3) is 0.211. The predicted molar refractivity (Wildman–Crippen MR) is 92.2 cm³/mol. The SMILES string of the molecule is COc1cc(OC)c2c(=O)oc(-c3cc(C)c(O)c(C)c3)cc2c1. The van der Waals surface area contributed by atoms with Gasteiger partial charge in [0.25, 0.3) is 0 Å². The van der Waals surface area contributed by atoms with Crippen LogP contribution in [0.25, 0.3) is 22.1 Å². The largest absolute Gasteiger partial charge is 0.507 e. The van der Waals surface area contributed by atoms with Gasteiger partial charge in [-0.05, 0) is 49.2 Å². The highest BCUT2D eigenvalue weighted by atomic mass is 16.5. The molecule has 3 rings (SSSR count). The third kappa shape index (κ3) is 2.58. The smallest absolute Gasteiger partial charge is 0.347 e. The molecule has 5 heteroatoms. The Balaban J connectivity index is 2.30. The Hall–Kier alpha value is -2.95. The summed E-state index contributed by atoms with van der Waals surface area (Å²) >= 11 is 0. The molecule has 0 saturated carbocycles. The molecule has 0 aliphatic rings. The van der Waals surface area contributed by atoms with Crippen LogP contribution >= 0.6 is 0 Å². The molecule has 0 bridgehead atoms. The van der Waals surface area contributed by atoms with Crippen LogP contribution in [0.15, 0.2) is 39.5 Å². The van der Waals surface area contributed by atoms with Crippen molar-refractivity contribution in [2.24, 2.45) is 0 Å². The van der Waals surface area contributed by atoms with Crippen LogP contribution in [0.4, 0.5) is 0 Å². The summed E-state index contributed by atoms with van der Waals surface area (Å²) < 4.78 is 16.0. The molecule has 0 radical (unpaired) electrons. The predicted octanol–water partition coefficient (Wildman–Crippen LogP) is 3.80. The number of aryl methyl sites for hydroxylation is 2. The maximum Gasteiger partial charge on any atom is 0.347 e. The van der Waals surface area contributed by atoms with Gasteiger partial charge in [0.1, 0.15) is 28.4 Å². The van der Waals surface area contributed by atoms with Crippen LogP contribution in [0.3, 0.4) is 0 Å². The molecule has 0 aliphatic carbocycles. The number of hydrogen-bond donors (Lipinski definition) is 1. The van der Waals surface area contributed by atoms with Crippen molar-refractivity contribution < 1.29 is 19.0 Å². The zero-order valence-electron chi connectivity index (χ0n) is 14.0. The van der Waals surface area contributed by atoms with Gasteiger partial charge >= 0.3 is 5.63 Å². The number of ether oxygens (including phenoxy) is 2. The quantitative estimate of drug-likeness (QED) is 0.793. The second kappa shape index (κ2) is 5.92. The van der Waals surface area contributed by atoms with E-state index in [2.05, 4.69) is 0 Å². The van der Waals surface area contributed by atoms with Crippen molar-refractivity contribution in [3.8, 4) is 28.6 Å². The topological polar surface area (TPSA) is 68.9 Å². The molecule has 0 amide bonds. The highest BCUT2D eigenvalue weighted by Gasteiger charge is 2.14. The van der Waals surface area contributed by atoms with Gasteiger partial charge in [-0.15, -0.1) is 0 Å². The Morgan fingerprint density at radius 2 is 1.62 bits per heavy atom. The Kier molecular flexibility index (Phi) is 3.93. The lowest BCUT2D eigenvalue weighted by Crippen LogP contribution is -2.03. The summed E-state index contributed by atoms with van der Waals surface area (Å²) in [6, 6.07) is 8.74. The van der Waals surface area contributed by atoms with E-state index < -0.39 is 5.63 Å². The van der Waals surface area contributed by atoms with E-state index in [0.717, 1.165) is 16.7 Å². The second-order valence-corrected chi connectivity index (χ2v) is 5.65. The third-order valence-corrected chi connectivity index (χ3v) is 4.03. The van der Waals surface area contributed by atoms with E-state index in [-0.39, 0.29) is 5.75 Å². The first-order valence-corrected chi connectivity index (χ1v) is 7.45. The molecule has 124 valence electrons. The number of phenolic OH excluding ortho intramolecular Hbond substituents is 1. The fourth-order valence-corrected chi connectivity index (χ4v) is 2.78. The fourth-order valence-electron chi connectivity index (χ4n) is 2.78. The first-order chi connectivity index (χ1) is 11.4. The van der Waals surface area contributed by atoms with Gasteiger partial charge in [-0.3, -0.25) is 0 Å². The minimum atomic E-state index is -0.481. The Labute approximate surface area is 139 Å². The van der Waals surface area contributed by atoms with Crippen molar-refractivity contribution in [3.05, 3.63) is 51.9 Å². The summed E-state index contributed by atoms with van der Waals surface area (Å²) in [6.45, 7) is 3.61. The number of phenols is 1. The van der Waals surface area contributed by atoms with Crippen LogP contribution in [0.5, 0.6) is 17.2 Å². The zero-order valence-corrected chi connectivity index (χ0v) is 14.0. The molecule has 0 fully saturated rings. The molecule has 0 unspecified atom stereocenters. The molecule has 2 aromatic carbocycles.